The van der Waals surface area contributed by atoms with Crippen LogP contribution >= 0.6 is 0 Å². The van der Waals surface area contributed by atoms with E-state index in [9.17, 15) is 14.9 Å². The minimum atomic E-state index is -0.952. The molecule has 30 heavy (non-hydrogen) atoms. The number of hydrogen-bond acceptors (Lipinski definition) is 5. The topological polar surface area (TPSA) is 91.7 Å². The van der Waals surface area contributed by atoms with E-state index in [-0.39, 0.29) is 5.91 Å². The molecule has 0 spiro atoms. The van der Waals surface area contributed by atoms with Crippen LogP contribution in [-0.2, 0) is 11.3 Å². The second-order valence-electron chi connectivity index (χ2n) is 7.72. The van der Waals surface area contributed by atoms with E-state index in [1.807, 2.05) is 39.0 Å². The van der Waals surface area contributed by atoms with Crippen molar-refractivity contribution in [1.82, 2.24) is 10.2 Å². The van der Waals surface area contributed by atoms with Crippen molar-refractivity contribution in [2.24, 2.45) is 0 Å². The molecule has 2 aromatic rings. The molecule has 0 saturated carbocycles. The molecule has 152 valence electrons. The fourth-order valence-corrected chi connectivity index (χ4v) is 3.99. The molecular weight excluding hydrogens is 382 g/mol. The van der Waals surface area contributed by atoms with Crippen molar-refractivity contribution in [2.75, 3.05) is 7.11 Å². The SMILES string of the molecule is COC(=O)NC1=C(N2Cc3ccccc3C2=O)c2c(ccc(C#N)c2C)OC1(C)C. The highest BCUT2D eigenvalue weighted by atomic mass is 16.5. The molecule has 2 heterocycles. The third-order valence-electron chi connectivity index (χ3n) is 5.49. The number of rotatable bonds is 2. The zero-order valence-electron chi connectivity index (χ0n) is 17.2. The van der Waals surface area contributed by atoms with Crippen molar-refractivity contribution in [1.29, 1.82) is 5.26 Å². The van der Waals surface area contributed by atoms with Gasteiger partial charge in [-0.1, -0.05) is 18.2 Å². The van der Waals surface area contributed by atoms with E-state index in [0.717, 1.165) is 5.56 Å². The second-order valence-corrected chi connectivity index (χ2v) is 7.72. The number of benzene rings is 2. The van der Waals surface area contributed by atoms with Crippen LogP contribution in [0.1, 0.15) is 46.5 Å². The Labute approximate surface area is 174 Å². The Morgan fingerprint density at radius 1 is 1.27 bits per heavy atom. The van der Waals surface area contributed by atoms with Gasteiger partial charge in [-0.15, -0.1) is 0 Å². The van der Waals surface area contributed by atoms with E-state index in [1.54, 1.807) is 23.1 Å². The molecule has 4 rings (SSSR count). The Balaban J connectivity index is 2.00. The maximum absolute atomic E-state index is 13.3. The Bertz CT molecular complexity index is 1160. The van der Waals surface area contributed by atoms with Gasteiger partial charge in [0.1, 0.15) is 11.4 Å². The van der Waals surface area contributed by atoms with Crippen LogP contribution < -0.4 is 10.1 Å². The van der Waals surface area contributed by atoms with Crippen molar-refractivity contribution in [3.8, 4) is 11.8 Å². The van der Waals surface area contributed by atoms with Gasteiger partial charge in [0, 0.05) is 11.1 Å². The number of fused-ring (bicyclic) bond motifs is 2. The van der Waals surface area contributed by atoms with Crippen LogP contribution in [0.2, 0.25) is 0 Å². The predicted molar refractivity (Wildman–Crippen MR) is 109 cm³/mol. The Morgan fingerprint density at radius 3 is 2.67 bits per heavy atom. The summed E-state index contributed by atoms with van der Waals surface area (Å²) in [5.41, 5.74) is 3.23. The van der Waals surface area contributed by atoms with Gasteiger partial charge in [0.2, 0.25) is 0 Å². The third kappa shape index (κ3) is 2.89. The Kier molecular flexibility index (Phi) is 4.50. The summed E-state index contributed by atoms with van der Waals surface area (Å²) in [4.78, 5) is 27.1. The monoisotopic (exact) mass is 403 g/mol. The van der Waals surface area contributed by atoms with Crippen molar-refractivity contribution in [2.45, 2.75) is 32.9 Å². The predicted octanol–water partition coefficient (Wildman–Crippen LogP) is 3.72. The first-order valence-corrected chi connectivity index (χ1v) is 9.51. The lowest BCUT2D eigenvalue weighted by molar-refractivity contribution is 0.0838. The lowest BCUT2D eigenvalue weighted by atomic mass is 9.90. The van der Waals surface area contributed by atoms with E-state index >= 15 is 0 Å². The number of hydrogen-bond donors (Lipinski definition) is 1. The summed E-state index contributed by atoms with van der Waals surface area (Å²) in [6.45, 7) is 5.77. The first-order valence-electron chi connectivity index (χ1n) is 9.51. The summed E-state index contributed by atoms with van der Waals surface area (Å²) in [7, 11) is 1.27. The summed E-state index contributed by atoms with van der Waals surface area (Å²) in [6.07, 6.45) is -0.666. The zero-order valence-corrected chi connectivity index (χ0v) is 17.2. The number of methoxy groups -OCH3 is 1. The van der Waals surface area contributed by atoms with Crippen LogP contribution in [0.5, 0.6) is 5.75 Å². The molecule has 2 amide bonds. The van der Waals surface area contributed by atoms with Crippen molar-refractivity contribution >= 4 is 17.7 Å². The van der Waals surface area contributed by atoms with Gasteiger partial charge in [-0.05, 0) is 50.1 Å². The average Bonchev–Trinajstić information content (AvgIpc) is 3.05. The standard InChI is InChI=1S/C23H21N3O4/c1-13-14(11-24)9-10-17-18(13)19(20(23(2,3)30-17)25-22(28)29-4)26-12-15-7-5-6-8-16(15)21(26)27/h5-10H,12H2,1-4H3,(H,25,28). The lowest BCUT2D eigenvalue weighted by Gasteiger charge is -2.39. The molecule has 0 unspecified atom stereocenters. The Morgan fingerprint density at radius 2 is 2.00 bits per heavy atom. The number of alkyl carbamates (subject to hydrolysis) is 1. The molecule has 0 aliphatic carbocycles. The van der Waals surface area contributed by atoms with E-state index in [1.165, 1.54) is 7.11 Å². The van der Waals surface area contributed by atoms with Gasteiger partial charge >= 0.3 is 6.09 Å². The number of ether oxygens (including phenoxy) is 2. The van der Waals surface area contributed by atoms with E-state index in [2.05, 4.69) is 11.4 Å². The number of nitriles is 1. The van der Waals surface area contributed by atoms with Gasteiger partial charge in [-0.2, -0.15) is 5.26 Å². The van der Waals surface area contributed by atoms with Crippen LogP contribution in [0.15, 0.2) is 42.1 Å². The zero-order chi connectivity index (χ0) is 21.6. The highest BCUT2D eigenvalue weighted by Gasteiger charge is 2.43. The highest BCUT2D eigenvalue weighted by Crippen LogP contribution is 2.45. The van der Waals surface area contributed by atoms with Gasteiger partial charge < -0.3 is 14.4 Å². The van der Waals surface area contributed by atoms with Crippen molar-refractivity contribution in [3.63, 3.8) is 0 Å². The quantitative estimate of drug-likeness (QED) is 0.825. The molecule has 1 N–H and O–H groups in total. The van der Waals surface area contributed by atoms with Crippen molar-refractivity contribution < 1.29 is 19.1 Å². The van der Waals surface area contributed by atoms with Gasteiger partial charge in [-0.3, -0.25) is 10.1 Å². The molecule has 7 nitrogen and oxygen atoms in total. The molecule has 0 fully saturated rings. The van der Waals surface area contributed by atoms with Gasteiger partial charge in [0.25, 0.3) is 5.91 Å². The van der Waals surface area contributed by atoms with Crippen LogP contribution in [0.3, 0.4) is 0 Å². The summed E-state index contributed by atoms with van der Waals surface area (Å²) in [6, 6.07) is 13.0. The number of amides is 2. The molecular formula is C23H21N3O4. The van der Waals surface area contributed by atoms with Crippen molar-refractivity contribution in [3.05, 3.63) is 69.9 Å². The number of nitrogens with one attached hydrogen (secondary N) is 1. The first-order chi connectivity index (χ1) is 14.3. The second kappa shape index (κ2) is 6.92. The van der Waals surface area contributed by atoms with E-state index < -0.39 is 11.7 Å². The first kappa shape index (κ1) is 19.5. The van der Waals surface area contributed by atoms with Crippen LogP contribution in [-0.4, -0.2) is 29.6 Å². The number of carbonyl (C=O) groups is 2. The minimum absolute atomic E-state index is 0.171. The normalized spacial score (nSPS) is 16.4. The van der Waals surface area contributed by atoms with Crippen LogP contribution in [0.25, 0.3) is 5.70 Å². The summed E-state index contributed by atoms with van der Waals surface area (Å²) >= 11 is 0. The highest BCUT2D eigenvalue weighted by molar-refractivity contribution is 6.04. The number of carbonyl (C=O) groups excluding carboxylic acids is 2. The van der Waals surface area contributed by atoms with E-state index in [0.29, 0.717) is 45.9 Å². The molecule has 2 aromatic carbocycles. The lowest BCUT2D eigenvalue weighted by Crippen LogP contribution is -2.46. The fourth-order valence-electron chi connectivity index (χ4n) is 3.99. The largest absolute Gasteiger partial charge is 0.481 e. The summed E-state index contributed by atoms with van der Waals surface area (Å²) in [5.74, 6) is 0.376. The Hall–Kier alpha value is -3.79. The van der Waals surface area contributed by atoms with Crippen LogP contribution in [0, 0.1) is 18.3 Å². The van der Waals surface area contributed by atoms with Gasteiger partial charge in [-0.25, -0.2) is 4.79 Å². The third-order valence-corrected chi connectivity index (χ3v) is 5.49. The van der Waals surface area contributed by atoms with Crippen LogP contribution in [0.4, 0.5) is 4.79 Å². The van der Waals surface area contributed by atoms with E-state index in [4.69, 9.17) is 9.47 Å². The van der Waals surface area contributed by atoms with Gasteiger partial charge in [0.15, 0.2) is 0 Å². The molecule has 0 atom stereocenters. The molecule has 7 heteroatoms. The molecule has 0 radical (unpaired) electrons. The summed E-state index contributed by atoms with van der Waals surface area (Å²) < 4.78 is 11.0. The smallest absolute Gasteiger partial charge is 0.411 e. The molecule has 0 bridgehead atoms. The molecule has 2 aliphatic heterocycles. The minimum Gasteiger partial charge on any atom is -0.481 e. The summed E-state index contributed by atoms with van der Waals surface area (Å²) in [5, 5.41) is 12.3. The molecule has 2 aliphatic rings. The maximum Gasteiger partial charge on any atom is 0.411 e. The maximum atomic E-state index is 13.3. The molecule has 0 saturated heterocycles. The molecule has 0 aromatic heterocycles. The number of nitrogens with zero attached hydrogens (tertiary/aromatic N) is 2. The average molecular weight is 403 g/mol. The fraction of sp³-hybridized carbons (Fsp3) is 0.261. The van der Waals surface area contributed by atoms with Gasteiger partial charge in [0.05, 0.1) is 36.7 Å².